The molecule has 0 fully saturated rings. The van der Waals surface area contributed by atoms with Crippen molar-refractivity contribution in [3.63, 3.8) is 0 Å². The van der Waals surface area contributed by atoms with E-state index in [2.05, 4.69) is 6.07 Å². The predicted octanol–water partition coefficient (Wildman–Crippen LogP) is 5.47. The normalized spacial score (nSPS) is 10.9. The molecule has 30 heavy (non-hydrogen) atoms. The van der Waals surface area contributed by atoms with Crippen molar-refractivity contribution >= 4 is 11.5 Å². The quantitative estimate of drug-likeness (QED) is 0.407. The molecule has 0 aliphatic rings. The molecule has 0 amide bonds. The average molecular weight is 398 g/mol. The molecule has 150 valence electrons. The van der Waals surface area contributed by atoms with Crippen LogP contribution in [-0.2, 0) is 9.47 Å². The van der Waals surface area contributed by atoms with E-state index < -0.39 is 5.97 Å². The lowest BCUT2D eigenvalue weighted by atomic mass is 9.89. The number of benzene rings is 2. The summed E-state index contributed by atoms with van der Waals surface area (Å²) in [5.74, 6) is -0.559. The second-order valence-corrected chi connectivity index (χ2v) is 6.53. The maximum atomic E-state index is 12.9. The third-order valence-electron chi connectivity index (χ3n) is 4.61. The van der Waals surface area contributed by atoms with Gasteiger partial charge in [0.15, 0.2) is 0 Å². The van der Waals surface area contributed by atoms with E-state index in [4.69, 9.17) is 14.5 Å². The van der Waals surface area contributed by atoms with E-state index in [9.17, 15) is 10.1 Å². The van der Waals surface area contributed by atoms with E-state index in [1.165, 1.54) is 7.11 Å². The molecular weight excluding hydrogens is 376 g/mol. The molecule has 1 aromatic heterocycles. The van der Waals surface area contributed by atoms with E-state index >= 15 is 0 Å². The minimum absolute atomic E-state index is 0.244. The molecular formula is C25H22N2O3. The molecule has 0 radical (unpaired) electrons. The number of hydrogen-bond acceptors (Lipinski definition) is 5. The van der Waals surface area contributed by atoms with Gasteiger partial charge in [-0.05, 0) is 19.4 Å². The number of carbonyl (C=O) groups excluding carboxylic acids is 1. The minimum atomic E-state index is -0.559. The zero-order valence-corrected chi connectivity index (χ0v) is 17.2. The lowest BCUT2D eigenvalue weighted by Crippen LogP contribution is -2.12. The third-order valence-corrected chi connectivity index (χ3v) is 4.61. The molecule has 2 aromatic carbocycles. The van der Waals surface area contributed by atoms with Crippen molar-refractivity contribution in [3.8, 4) is 28.5 Å². The van der Waals surface area contributed by atoms with Gasteiger partial charge in [-0.1, -0.05) is 60.7 Å². The lowest BCUT2D eigenvalue weighted by Gasteiger charge is -2.18. The minimum Gasteiger partial charge on any atom is -0.501 e. The number of allylic oxidation sites excluding steroid dienone is 1. The Kier molecular flexibility index (Phi) is 6.61. The van der Waals surface area contributed by atoms with Gasteiger partial charge >= 0.3 is 5.97 Å². The predicted molar refractivity (Wildman–Crippen MR) is 116 cm³/mol. The first-order valence-electron chi connectivity index (χ1n) is 9.58. The summed E-state index contributed by atoms with van der Waals surface area (Å²) in [6.07, 6.45) is 1.57. The van der Waals surface area contributed by atoms with Crippen molar-refractivity contribution in [3.05, 3.63) is 83.7 Å². The number of rotatable bonds is 6. The molecule has 0 spiro atoms. The molecule has 3 rings (SSSR count). The van der Waals surface area contributed by atoms with Crippen LogP contribution >= 0.6 is 0 Å². The van der Waals surface area contributed by atoms with Gasteiger partial charge in [0.25, 0.3) is 0 Å². The van der Waals surface area contributed by atoms with Crippen LogP contribution in [0.2, 0.25) is 0 Å². The summed E-state index contributed by atoms with van der Waals surface area (Å²) in [7, 11) is 1.32. The first-order valence-corrected chi connectivity index (χ1v) is 9.58. The Labute approximate surface area is 176 Å². The van der Waals surface area contributed by atoms with Crippen molar-refractivity contribution in [2.24, 2.45) is 0 Å². The van der Waals surface area contributed by atoms with Crippen molar-refractivity contribution in [2.75, 3.05) is 13.7 Å². The highest BCUT2D eigenvalue weighted by molar-refractivity contribution is 6.04. The Balaban J connectivity index is 2.48. The van der Waals surface area contributed by atoms with Crippen LogP contribution in [0.3, 0.4) is 0 Å². The molecule has 0 atom stereocenters. The fraction of sp³-hybridized carbons (Fsp3) is 0.160. The van der Waals surface area contributed by atoms with Crippen molar-refractivity contribution in [2.45, 2.75) is 13.8 Å². The van der Waals surface area contributed by atoms with Crippen LogP contribution in [-0.4, -0.2) is 24.7 Å². The molecule has 0 aliphatic heterocycles. The number of pyridine rings is 1. The van der Waals surface area contributed by atoms with Gasteiger partial charge in [-0.25, -0.2) is 9.78 Å². The number of nitrogens with zero attached hydrogens (tertiary/aromatic N) is 2. The Morgan fingerprint density at radius 1 is 1.07 bits per heavy atom. The summed E-state index contributed by atoms with van der Waals surface area (Å²) in [5, 5.41) is 10.1. The molecule has 0 bridgehead atoms. The standard InChI is InChI=1S/C25H22N2O3/c1-4-30-16-17(2)23-22(25(28)29-3)21(18-11-7-5-8-12-18)20(15-26)24(27-23)19-13-9-6-10-14-19/h5-14,16H,4H2,1-3H3/b17-16+. The molecule has 0 unspecified atom stereocenters. The first-order chi connectivity index (χ1) is 14.6. The van der Waals surface area contributed by atoms with Crippen molar-refractivity contribution in [1.29, 1.82) is 5.26 Å². The largest absolute Gasteiger partial charge is 0.501 e. The molecule has 0 N–H and O–H groups in total. The topological polar surface area (TPSA) is 72.2 Å². The number of nitriles is 1. The van der Waals surface area contributed by atoms with Gasteiger partial charge in [-0.3, -0.25) is 0 Å². The second kappa shape index (κ2) is 9.53. The molecule has 3 aromatic rings. The van der Waals surface area contributed by atoms with Gasteiger partial charge in [0, 0.05) is 16.7 Å². The molecule has 0 saturated carbocycles. The van der Waals surface area contributed by atoms with Crippen LogP contribution in [0, 0.1) is 11.3 Å². The van der Waals surface area contributed by atoms with E-state index in [1.54, 1.807) is 6.26 Å². The molecule has 0 aliphatic carbocycles. The van der Waals surface area contributed by atoms with Gasteiger partial charge in [0.2, 0.25) is 0 Å². The highest BCUT2D eigenvalue weighted by atomic mass is 16.5. The summed E-state index contributed by atoms with van der Waals surface area (Å²) in [6.45, 7) is 4.18. The van der Waals surface area contributed by atoms with E-state index in [1.807, 2.05) is 74.5 Å². The third kappa shape index (κ3) is 4.08. The summed E-state index contributed by atoms with van der Waals surface area (Å²) < 4.78 is 10.5. The molecule has 0 saturated heterocycles. The second-order valence-electron chi connectivity index (χ2n) is 6.53. The summed E-state index contributed by atoms with van der Waals surface area (Å²) in [5.41, 5.74) is 4.17. The van der Waals surface area contributed by atoms with Gasteiger partial charge in [-0.2, -0.15) is 5.26 Å². The SMILES string of the molecule is CCO/C=C(\C)c1nc(-c2ccccc2)c(C#N)c(-c2ccccc2)c1C(=O)OC. The van der Waals surface area contributed by atoms with Crippen molar-refractivity contribution in [1.82, 2.24) is 4.98 Å². The van der Waals surface area contributed by atoms with Crippen LogP contribution in [0.25, 0.3) is 28.0 Å². The Morgan fingerprint density at radius 2 is 1.67 bits per heavy atom. The summed E-state index contributed by atoms with van der Waals surface area (Å²) >= 11 is 0. The van der Waals surface area contributed by atoms with E-state index in [0.29, 0.717) is 34.7 Å². The highest BCUT2D eigenvalue weighted by Crippen LogP contribution is 2.37. The monoisotopic (exact) mass is 398 g/mol. The van der Waals surface area contributed by atoms with Gasteiger partial charge in [0.1, 0.15) is 6.07 Å². The Bertz CT molecular complexity index is 1110. The Hall–Kier alpha value is -3.91. The maximum absolute atomic E-state index is 12.9. The van der Waals surface area contributed by atoms with Gasteiger partial charge < -0.3 is 9.47 Å². The van der Waals surface area contributed by atoms with Crippen LogP contribution in [0.15, 0.2) is 66.9 Å². The molecule has 1 heterocycles. The molecule has 5 heteroatoms. The first kappa shape index (κ1) is 20.8. The van der Waals surface area contributed by atoms with Crippen LogP contribution in [0.4, 0.5) is 0 Å². The zero-order valence-electron chi connectivity index (χ0n) is 17.2. The van der Waals surface area contributed by atoms with Crippen molar-refractivity contribution < 1.29 is 14.3 Å². The maximum Gasteiger partial charge on any atom is 0.340 e. The smallest absolute Gasteiger partial charge is 0.340 e. The summed E-state index contributed by atoms with van der Waals surface area (Å²) in [4.78, 5) is 17.6. The number of ether oxygens (including phenoxy) is 2. The van der Waals surface area contributed by atoms with Gasteiger partial charge in [0.05, 0.1) is 42.5 Å². The Morgan fingerprint density at radius 3 is 2.20 bits per heavy atom. The number of methoxy groups -OCH3 is 1. The van der Waals surface area contributed by atoms with E-state index in [-0.39, 0.29) is 5.56 Å². The average Bonchev–Trinajstić information content (AvgIpc) is 2.81. The number of aromatic nitrogens is 1. The van der Waals surface area contributed by atoms with Crippen LogP contribution in [0.1, 0.15) is 35.5 Å². The lowest BCUT2D eigenvalue weighted by molar-refractivity contribution is 0.0600. The fourth-order valence-corrected chi connectivity index (χ4v) is 3.24. The number of hydrogen-bond donors (Lipinski definition) is 0. The highest BCUT2D eigenvalue weighted by Gasteiger charge is 2.27. The molecule has 5 nitrogen and oxygen atoms in total. The van der Waals surface area contributed by atoms with E-state index in [0.717, 1.165) is 11.1 Å². The zero-order chi connectivity index (χ0) is 21.5. The van der Waals surface area contributed by atoms with Crippen LogP contribution in [0.5, 0.6) is 0 Å². The number of esters is 1. The van der Waals surface area contributed by atoms with Crippen LogP contribution < -0.4 is 0 Å². The summed E-state index contributed by atoms with van der Waals surface area (Å²) in [6, 6.07) is 21.1. The fourth-order valence-electron chi connectivity index (χ4n) is 3.24. The van der Waals surface area contributed by atoms with Gasteiger partial charge in [-0.15, -0.1) is 0 Å². The number of carbonyl (C=O) groups is 1.